The zero-order chi connectivity index (χ0) is 27.2. The Morgan fingerprint density at radius 3 is 2.79 bits per heavy atom. The van der Waals surface area contributed by atoms with Gasteiger partial charge >= 0.3 is 0 Å². The molecule has 1 aliphatic heterocycles. The molecule has 1 aliphatic rings. The van der Waals surface area contributed by atoms with E-state index in [0.717, 1.165) is 65.9 Å². The van der Waals surface area contributed by atoms with E-state index in [-0.39, 0.29) is 17.9 Å². The molecule has 7 nitrogen and oxygen atoms in total. The fraction of sp³-hybridized carbons (Fsp3) is 0.387. The number of piperidine rings is 1. The lowest BCUT2D eigenvalue weighted by Crippen LogP contribution is -2.42. The second kappa shape index (κ2) is 12.7. The van der Waals surface area contributed by atoms with Gasteiger partial charge in [-0.15, -0.1) is 0 Å². The number of nitrogens with two attached hydrogens (primary N) is 1. The third-order valence-electron chi connectivity index (χ3n) is 7.53. The number of methoxy groups -OCH3 is 1. The summed E-state index contributed by atoms with van der Waals surface area (Å²) in [6.07, 6.45) is 7.26. The molecular formula is C31H36ClN5O2. The highest BCUT2D eigenvalue weighted by Gasteiger charge is 2.29. The summed E-state index contributed by atoms with van der Waals surface area (Å²) in [5.41, 5.74) is 11.7. The molecule has 1 amide bonds. The number of carbonyl (C=O) groups is 1. The summed E-state index contributed by atoms with van der Waals surface area (Å²) in [5, 5.41) is 0.623. The Kier molecular flexibility index (Phi) is 8.91. The Bertz CT molecular complexity index is 1400. The van der Waals surface area contributed by atoms with Crippen LogP contribution in [0.25, 0.3) is 22.2 Å². The zero-order valence-corrected chi connectivity index (χ0v) is 23.2. The lowest BCUT2D eigenvalue weighted by molar-refractivity contribution is -0.132. The van der Waals surface area contributed by atoms with Crippen molar-refractivity contribution in [1.29, 1.82) is 0 Å². The number of nitrogens with zero attached hydrogens (tertiary/aromatic N) is 4. The van der Waals surface area contributed by atoms with Crippen LogP contribution in [-0.4, -0.2) is 58.2 Å². The Balaban J connectivity index is 1.21. The molecule has 1 fully saturated rings. The zero-order valence-electron chi connectivity index (χ0n) is 22.4. The number of benzene rings is 2. The van der Waals surface area contributed by atoms with Gasteiger partial charge in [0, 0.05) is 69.7 Å². The fourth-order valence-electron chi connectivity index (χ4n) is 5.58. The maximum absolute atomic E-state index is 13.3. The Morgan fingerprint density at radius 2 is 2.00 bits per heavy atom. The van der Waals surface area contributed by atoms with Crippen LogP contribution in [0.4, 0.5) is 0 Å². The van der Waals surface area contributed by atoms with E-state index >= 15 is 0 Å². The number of rotatable bonds is 10. The number of aromatic nitrogens is 3. The molecule has 1 saturated heterocycles. The van der Waals surface area contributed by atoms with Crippen molar-refractivity contribution in [3.8, 4) is 11.1 Å². The monoisotopic (exact) mass is 545 g/mol. The highest BCUT2D eigenvalue weighted by atomic mass is 35.5. The van der Waals surface area contributed by atoms with Crippen molar-refractivity contribution in [3.63, 3.8) is 0 Å². The van der Waals surface area contributed by atoms with Crippen molar-refractivity contribution >= 4 is 28.5 Å². The Labute approximate surface area is 235 Å². The van der Waals surface area contributed by atoms with E-state index in [1.54, 1.807) is 19.5 Å². The summed E-state index contributed by atoms with van der Waals surface area (Å²) < 4.78 is 7.61. The Morgan fingerprint density at radius 1 is 1.18 bits per heavy atom. The summed E-state index contributed by atoms with van der Waals surface area (Å²) in [6, 6.07) is 18.1. The highest BCUT2D eigenvalue weighted by Crippen LogP contribution is 2.30. The smallest absolute Gasteiger partial charge is 0.224 e. The SMILES string of the molecule is COCCCn1c(C2CCCN(C(=O)CC(N)Cc3ccc(-c4ccncc4Cl)cc3)C2)nc2ccccc21. The average Bonchev–Trinajstić information content (AvgIpc) is 3.33. The summed E-state index contributed by atoms with van der Waals surface area (Å²) in [7, 11) is 1.73. The van der Waals surface area contributed by atoms with Gasteiger partial charge < -0.3 is 19.9 Å². The maximum Gasteiger partial charge on any atom is 0.224 e. The van der Waals surface area contributed by atoms with Crippen LogP contribution in [0, 0.1) is 0 Å². The van der Waals surface area contributed by atoms with E-state index in [1.165, 1.54) is 0 Å². The third kappa shape index (κ3) is 6.49. The molecule has 0 saturated carbocycles. The van der Waals surface area contributed by atoms with E-state index in [1.807, 2.05) is 29.2 Å². The molecule has 8 heteroatoms. The molecule has 4 aromatic rings. The minimum atomic E-state index is -0.244. The van der Waals surface area contributed by atoms with Crippen LogP contribution in [-0.2, 0) is 22.5 Å². The Hall–Kier alpha value is -3.26. The van der Waals surface area contributed by atoms with Gasteiger partial charge in [-0.25, -0.2) is 4.98 Å². The summed E-state index contributed by atoms with van der Waals surface area (Å²) in [5.74, 6) is 1.40. The van der Waals surface area contributed by atoms with Crippen molar-refractivity contribution in [3.05, 3.63) is 83.4 Å². The van der Waals surface area contributed by atoms with Gasteiger partial charge in [0.25, 0.3) is 0 Å². The van der Waals surface area contributed by atoms with E-state index in [4.69, 9.17) is 27.1 Å². The minimum Gasteiger partial charge on any atom is -0.385 e. The number of halogens is 1. The molecule has 0 radical (unpaired) electrons. The van der Waals surface area contributed by atoms with Crippen LogP contribution in [0.1, 0.15) is 43.0 Å². The van der Waals surface area contributed by atoms with Crippen LogP contribution in [0.2, 0.25) is 5.02 Å². The van der Waals surface area contributed by atoms with Crippen molar-refractivity contribution in [2.45, 2.75) is 50.6 Å². The van der Waals surface area contributed by atoms with Gasteiger partial charge in [-0.05, 0) is 55.0 Å². The molecule has 0 aliphatic carbocycles. The first-order valence-corrected chi connectivity index (χ1v) is 14.1. The van der Waals surface area contributed by atoms with Crippen molar-refractivity contribution in [2.75, 3.05) is 26.8 Å². The predicted molar refractivity (Wildman–Crippen MR) is 156 cm³/mol. The predicted octanol–water partition coefficient (Wildman–Crippen LogP) is 5.45. The van der Waals surface area contributed by atoms with E-state index < -0.39 is 0 Å². The number of carbonyl (C=O) groups excluding carboxylic acids is 1. The average molecular weight is 546 g/mol. The summed E-state index contributed by atoms with van der Waals surface area (Å²) in [6.45, 7) is 3.01. The number of pyridine rings is 1. The van der Waals surface area contributed by atoms with Gasteiger partial charge in [-0.3, -0.25) is 9.78 Å². The number of imidazole rings is 1. The first-order valence-electron chi connectivity index (χ1n) is 13.7. The van der Waals surface area contributed by atoms with Gasteiger partial charge in [0.2, 0.25) is 5.91 Å². The maximum atomic E-state index is 13.3. The molecular weight excluding hydrogens is 510 g/mol. The van der Waals surface area contributed by atoms with Crippen molar-refractivity contribution in [1.82, 2.24) is 19.4 Å². The summed E-state index contributed by atoms with van der Waals surface area (Å²) in [4.78, 5) is 24.3. The largest absolute Gasteiger partial charge is 0.385 e. The molecule has 0 spiro atoms. The number of hydrogen-bond donors (Lipinski definition) is 1. The number of ether oxygens (including phenoxy) is 1. The van der Waals surface area contributed by atoms with Crippen LogP contribution in [0.15, 0.2) is 67.0 Å². The number of amides is 1. The molecule has 0 bridgehead atoms. The quantitative estimate of drug-likeness (QED) is 0.268. The molecule has 2 aromatic heterocycles. The third-order valence-corrected chi connectivity index (χ3v) is 7.83. The van der Waals surface area contributed by atoms with Crippen LogP contribution in [0.5, 0.6) is 0 Å². The molecule has 39 heavy (non-hydrogen) atoms. The molecule has 2 unspecified atom stereocenters. The number of fused-ring (bicyclic) bond motifs is 1. The van der Waals surface area contributed by atoms with Crippen molar-refractivity contribution in [2.24, 2.45) is 5.73 Å². The number of aryl methyl sites for hydroxylation is 1. The second-order valence-electron chi connectivity index (χ2n) is 10.4. The summed E-state index contributed by atoms with van der Waals surface area (Å²) >= 11 is 6.29. The van der Waals surface area contributed by atoms with E-state index in [0.29, 0.717) is 31.0 Å². The number of likely N-dealkylation sites (tertiary alicyclic amines) is 1. The number of para-hydroxylation sites is 2. The molecule has 204 valence electrons. The van der Waals surface area contributed by atoms with Crippen molar-refractivity contribution < 1.29 is 9.53 Å². The molecule has 2 atom stereocenters. The van der Waals surface area contributed by atoms with E-state index in [2.05, 4.69) is 39.9 Å². The second-order valence-corrected chi connectivity index (χ2v) is 10.8. The normalized spacial score (nSPS) is 16.5. The molecule has 2 N–H and O–H groups in total. The topological polar surface area (TPSA) is 86.3 Å². The molecule has 2 aromatic carbocycles. The van der Waals surface area contributed by atoms with Gasteiger partial charge in [0.05, 0.1) is 16.1 Å². The lowest BCUT2D eigenvalue weighted by Gasteiger charge is -2.33. The lowest BCUT2D eigenvalue weighted by atomic mass is 9.95. The molecule has 5 rings (SSSR count). The highest BCUT2D eigenvalue weighted by molar-refractivity contribution is 6.33. The molecule has 3 heterocycles. The van der Waals surface area contributed by atoms with Crippen LogP contribution < -0.4 is 5.73 Å². The van der Waals surface area contributed by atoms with Gasteiger partial charge in [-0.2, -0.15) is 0 Å². The van der Waals surface area contributed by atoms with Gasteiger partial charge in [0.1, 0.15) is 5.82 Å². The van der Waals surface area contributed by atoms with E-state index in [9.17, 15) is 4.79 Å². The fourth-order valence-corrected chi connectivity index (χ4v) is 5.81. The van der Waals surface area contributed by atoms with Gasteiger partial charge in [-0.1, -0.05) is 48.0 Å². The standard InChI is InChI=1S/C31H36ClN5O2/c1-39-17-5-16-37-29-8-3-2-7-28(29)35-31(37)24-6-4-15-36(21-24)30(38)19-25(33)18-22-9-11-23(12-10-22)26-13-14-34-20-27(26)32/h2-3,7-14,20,24-25H,4-6,15-19,21,33H2,1H3. The van der Waals surface area contributed by atoms with Gasteiger partial charge in [0.15, 0.2) is 0 Å². The number of hydrogen-bond acceptors (Lipinski definition) is 5. The first kappa shape index (κ1) is 27.3. The van der Waals surface area contributed by atoms with Crippen LogP contribution >= 0.6 is 11.6 Å². The minimum absolute atomic E-state index is 0.120. The van der Waals surface area contributed by atoms with Crippen LogP contribution in [0.3, 0.4) is 0 Å². The first-order chi connectivity index (χ1) is 19.0.